The quantitative estimate of drug-likeness (QED) is 0.891. The highest BCUT2D eigenvalue weighted by molar-refractivity contribution is 6.04. The number of amides is 1. The number of fused-ring (bicyclic) bond motifs is 1. The molecule has 0 saturated carbocycles. The zero-order chi connectivity index (χ0) is 13.4. The summed E-state index contributed by atoms with van der Waals surface area (Å²) >= 11 is 0. The van der Waals surface area contributed by atoms with Crippen molar-refractivity contribution >= 4 is 11.7 Å². The molecule has 0 radical (unpaired) electrons. The number of carbonyl (C=O) groups excluding carboxylic acids is 1. The lowest BCUT2D eigenvalue weighted by molar-refractivity contribution is 0.102. The van der Waals surface area contributed by atoms with Crippen molar-refractivity contribution in [2.45, 2.75) is 6.92 Å². The highest BCUT2D eigenvalue weighted by atomic mass is 16.7. The van der Waals surface area contributed by atoms with Crippen LogP contribution in [-0.4, -0.2) is 22.5 Å². The summed E-state index contributed by atoms with van der Waals surface area (Å²) in [4.78, 5) is 12.1. The van der Waals surface area contributed by atoms with Crippen LogP contribution in [0, 0.1) is 6.92 Å². The summed E-state index contributed by atoms with van der Waals surface area (Å²) in [7, 11) is 1.82. The molecule has 6 nitrogen and oxygen atoms in total. The minimum absolute atomic E-state index is 0.194. The molecule has 0 bridgehead atoms. The molecule has 1 aromatic carbocycles. The fourth-order valence-electron chi connectivity index (χ4n) is 1.85. The van der Waals surface area contributed by atoms with Gasteiger partial charge in [0.1, 0.15) is 0 Å². The first-order valence-corrected chi connectivity index (χ1v) is 5.85. The normalized spacial score (nSPS) is 12.5. The summed E-state index contributed by atoms with van der Waals surface area (Å²) in [5, 5.41) is 6.92. The van der Waals surface area contributed by atoms with Gasteiger partial charge in [0.05, 0.1) is 0 Å². The Labute approximate surface area is 109 Å². The first kappa shape index (κ1) is 11.6. The number of aromatic nitrogens is 2. The van der Waals surface area contributed by atoms with Crippen LogP contribution in [0.1, 0.15) is 16.1 Å². The Morgan fingerprint density at radius 2 is 2.11 bits per heavy atom. The summed E-state index contributed by atoms with van der Waals surface area (Å²) in [6, 6.07) is 6.89. The third kappa shape index (κ3) is 2.12. The van der Waals surface area contributed by atoms with Crippen LogP contribution in [0.3, 0.4) is 0 Å². The second-order valence-electron chi connectivity index (χ2n) is 4.32. The van der Waals surface area contributed by atoms with Gasteiger partial charge in [-0.2, -0.15) is 5.10 Å². The number of carbonyl (C=O) groups is 1. The fraction of sp³-hybridized carbons (Fsp3) is 0.231. The summed E-state index contributed by atoms with van der Waals surface area (Å²) in [6.45, 7) is 2.11. The molecule has 3 rings (SSSR count). The molecule has 1 N–H and O–H groups in total. The predicted molar refractivity (Wildman–Crippen MR) is 68.5 cm³/mol. The van der Waals surface area contributed by atoms with Gasteiger partial charge in [0, 0.05) is 24.4 Å². The number of rotatable bonds is 2. The van der Waals surface area contributed by atoms with E-state index in [1.54, 1.807) is 22.9 Å². The summed E-state index contributed by atoms with van der Waals surface area (Å²) in [6.07, 6.45) is 0. The van der Waals surface area contributed by atoms with E-state index in [0.29, 0.717) is 22.9 Å². The van der Waals surface area contributed by atoms with Gasteiger partial charge in [-0.3, -0.25) is 9.48 Å². The van der Waals surface area contributed by atoms with Gasteiger partial charge < -0.3 is 14.8 Å². The molecule has 6 heteroatoms. The predicted octanol–water partition coefficient (Wildman–Crippen LogP) is 1.71. The largest absolute Gasteiger partial charge is 0.454 e. The number of benzene rings is 1. The molecule has 2 heterocycles. The van der Waals surface area contributed by atoms with E-state index in [1.165, 1.54) is 0 Å². The number of nitrogens with zero attached hydrogens (tertiary/aromatic N) is 2. The third-order valence-corrected chi connectivity index (χ3v) is 2.99. The number of hydrogen-bond acceptors (Lipinski definition) is 4. The Hall–Kier alpha value is -2.50. The van der Waals surface area contributed by atoms with E-state index in [-0.39, 0.29) is 12.7 Å². The second-order valence-corrected chi connectivity index (χ2v) is 4.32. The molecular weight excluding hydrogens is 246 g/mol. The molecule has 0 saturated heterocycles. The highest BCUT2D eigenvalue weighted by Crippen LogP contribution is 2.32. The average Bonchev–Trinajstić information content (AvgIpc) is 2.96. The Bertz CT molecular complexity index is 629. The van der Waals surface area contributed by atoms with E-state index < -0.39 is 0 Å². The SMILES string of the molecule is Cc1cc(NC(=O)c2ccc3c(c2)OCO3)nn1C. The number of hydrogen-bond donors (Lipinski definition) is 1. The number of anilines is 1. The third-order valence-electron chi connectivity index (χ3n) is 2.99. The first-order valence-electron chi connectivity index (χ1n) is 5.85. The number of ether oxygens (including phenoxy) is 2. The molecule has 1 aliphatic heterocycles. The maximum atomic E-state index is 12.1. The van der Waals surface area contributed by atoms with Gasteiger partial charge in [0.2, 0.25) is 6.79 Å². The average molecular weight is 259 g/mol. The zero-order valence-corrected chi connectivity index (χ0v) is 10.6. The smallest absolute Gasteiger partial charge is 0.257 e. The van der Waals surface area contributed by atoms with Crippen molar-refractivity contribution in [1.29, 1.82) is 0 Å². The Kier molecular flexibility index (Phi) is 2.63. The minimum atomic E-state index is -0.226. The lowest BCUT2D eigenvalue weighted by atomic mass is 10.2. The van der Waals surface area contributed by atoms with Crippen LogP contribution >= 0.6 is 0 Å². The molecular formula is C13H13N3O3. The molecule has 98 valence electrons. The van der Waals surface area contributed by atoms with E-state index in [9.17, 15) is 4.79 Å². The molecule has 2 aromatic rings. The van der Waals surface area contributed by atoms with E-state index >= 15 is 0 Å². The lowest BCUT2D eigenvalue weighted by Gasteiger charge is -2.03. The van der Waals surface area contributed by atoms with Crippen LogP contribution in [0.2, 0.25) is 0 Å². The van der Waals surface area contributed by atoms with Crippen molar-refractivity contribution in [3.05, 3.63) is 35.5 Å². The molecule has 1 aliphatic rings. The monoisotopic (exact) mass is 259 g/mol. The first-order chi connectivity index (χ1) is 9.13. The van der Waals surface area contributed by atoms with E-state index in [4.69, 9.17) is 9.47 Å². The van der Waals surface area contributed by atoms with Gasteiger partial charge in [-0.05, 0) is 25.1 Å². The van der Waals surface area contributed by atoms with Crippen LogP contribution < -0.4 is 14.8 Å². The molecule has 1 amide bonds. The van der Waals surface area contributed by atoms with Gasteiger partial charge in [-0.1, -0.05) is 0 Å². The van der Waals surface area contributed by atoms with Gasteiger partial charge in [0.25, 0.3) is 5.91 Å². The van der Waals surface area contributed by atoms with Crippen LogP contribution in [-0.2, 0) is 7.05 Å². The number of nitrogens with one attached hydrogen (secondary N) is 1. The summed E-state index contributed by atoms with van der Waals surface area (Å²) in [5.41, 5.74) is 1.48. The molecule has 0 fully saturated rings. The van der Waals surface area contributed by atoms with Crippen molar-refractivity contribution in [1.82, 2.24) is 9.78 Å². The standard InChI is InChI=1S/C13H13N3O3/c1-8-5-12(15-16(8)2)14-13(17)9-3-4-10-11(6-9)19-7-18-10/h3-6H,7H2,1-2H3,(H,14,15,17). The summed E-state index contributed by atoms with van der Waals surface area (Å²) in [5.74, 6) is 1.55. The van der Waals surface area contributed by atoms with E-state index in [0.717, 1.165) is 5.69 Å². The molecule has 1 aromatic heterocycles. The van der Waals surface area contributed by atoms with Crippen molar-refractivity contribution in [2.24, 2.45) is 7.05 Å². The lowest BCUT2D eigenvalue weighted by Crippen LogP contribution is -2.12. The Balaban J connectivity index is 1.80. The van der Waals surface area contributed by atoms with Crippen molar-refractivity contribution < 1.29 is 14.3 Å². The van der Waals surface area contributed by atoms with Crippen molar-refractivity contribution in [3.63, 3.8) is 0 Å². The van der Waals surface area contributed by atoms with Crippen LogP contribution in [0.25, 0.3) is 0 Å². The topological polar surface area (TPSA) is 65.4 Å². The molecule has 0 atom stereocenters. The molecule has 19 heavy (non-hydrogen) atoms. The highest BCUT2D eigenvalue weighted by Gasteiger charge is 2.16. The maximum Gasteiger partial charge on any atom is 0.257 e. The van der Waals surface area contributed by atoms with E-state index in [1.807, 2.05) is 20.0 Å². The molecule has 0 unspecified atom stereocenters. The van der Waals surface area contributed by atoms with E-state index in [2.05, 4.69) is 10.4 Å². The molecule has 0 aliphatic carbocycles. The van der Waals surface area contributed by atoms with Crippen molar-refractivity contribution in [2.75, 3.05) is 12.1 Å². The van der Waals surface area contributed by atoms with Crippen molar-refractivity contribution in [3.8, 4) is 11.5 Å². The second kappa shape index (κ2) is 4.31. The Morgan fingerprint density at radius 1 is 1.32 bits per heavy atom. The van der Waals surface area contributed by atoms with Gasteiger partial charge >= 0.3 is 0 Å². The fourth-order valence-corrected chi connectivity index (χ4v) is 1.85. The van der Waals surface area contributed by atoms with Gasteiger partial charge in [0.15, 0.2) is 17.3 Å². The van der Waals surface area contributed by atoms with Crippen LogP contribution in [0.15, 0.2) is 24.3 Å². The maximum absolute atomic E-state index is 12.1. The Morgan fingerprint density at radius 3 is 2.84 bits per heavy atom. The van der Waals surface area contributed by atoms with Gasteiger partial charge in [-0.25, -0.2) is 0 Å². The minimum Gasteiger partial charge on any atom is -0.454 e. The van der Waals surface area contributed by atoms with Crippen LogP contribution in [0.5, 0.6) is 11.5 Å². The van der Waals surface area contributed by atoms with Gasteiger partial charge in [-0.15, -0.1) is 0 Å². The summed E-state index contributed by atoms with van der Waals surface area (Å²) < 4.78 is 12.1. The number of aryl methyl sites for hydroxylation is 2. The zero-order valence-electron chi connectivity index (χ0n) is 10.6. The molecule has 0 spiro atoms. The van der Waals surface area contributed by atoms with Crippen LogP contribution in [0.4, 0.5) is 5.82 Å².